The Bertz CT molecular complexity index is 496. The molecule has 4 nitrogen and oxygen atoms in total. The fraction of sp³-hybridized carbons (Fsp3) is 0.333. The third kappa shape index (κ3) is 2.81. The highest BCUT2D eigenvalue weighted by molar-refractivity contribution is 5.73. The number of hydrogen-bond donors (Lipinski definition) is 1. The smallest absolute Gasteiger partial charge is 0.309 e. The van der Waals surface area contributed by atoms with Crippen LogP contribution in [0.2, 0.25) is 0 Å². The minimum absolute atomic E-state index is 0.0777. The molecule has 2 N–H and O–H groups in total. The molecule has 1 aromatic carbocycles. The molecule has 0 aliphatic heterocycles. The van der Waals surface area contributed by atoms with Crippen molar-refractivity contribution in [2.24, 2.45) is 5.73 Å². The second-order valence-electron chi connectivity index (χ2n) is 3.53. The van der Waals surface area contributed by atoms with Crippen LogP contribution in [0.4, 0.5) is 8.78 Å². The quantitative estimate of drug-likeness (QED) is 0.829. The summed E-state index contributed by atoms with van der Waals surface area (Å²) in [6, 6.07) is 4.52. The van der Waals surface area contributed by atoms with Crippen LogP contribution in [0.25, 0.3) is 0 Å². The summed E-state index contributed by atoms with van der Waals surface area (Å²) in [7, 11) is 1.18. The van der Waals surface area contributed by atoms with Gasteiger partial charge in [-0.25, -0.2) is 8.78 Å². The van der Waals surface area contributed by atoms with E-state index in [1.807, 2.05) is 0 Å². The molecule has 18 heavy (non-hydrogen) atoms. The zero-order chi connectivity index (χ0) is 13.7. The summed E-state index contributed by atoms with van der Waals surface area (Å²) in [5.74, 6) is -0.621. The lowest BCUT2D eigenvalue weighted by Crippen LogP contribution is -2.12. The lowest BCUT2D eigenvalue weighted by molar-refractivity contribution is -0.139. The number of hydrogen-bond acceptors (Lipinski definition) is 4. The van der Waals surface area contributed by atoms with Gasteiger partial charge in [0.25, 0.3) is 6.43 Å². The Morgan fingerprint density at radius 1 is 1.56 bits per heavy atom. The minimum Gasteiger partial charge on any atom is -0.469 e. The van der Waals surface area contributed by atoms with Crippen LogP contribution in [0.15, 0.2) is 12.1 Å². The van der Waals surface area contributed by atoms with Crippen molar-refractivity contribution in [2.45, 2.75) is 19.4 Å². The van der Waals surface area contributed by atoms with Crippen LogP contribution >= 0.6 is 0 Å². The van der Waals surface area contributed by atoms with E-state index in [2.05, 4.69) is 4.74 Å². The predicted molar refractivity (Wildman–Crippen MR) is 59.7 cm³/mol. The number of carbonyl (C=O) groups is 1. The third-order valence-corrected chi connectivity index (χ3v) is 2.55. The van der Waals surface area contributed by atoms with Crippen molar-refractivity contribution in [3.05, 3.63) is 34.4 Å². The first-order valence-electron chi connectivity index (χ1n) is 5.14. The predicted octanol–water partition coefficient (Wildman–Crippen LogP) is 1.67. The third-order valence-electron chi connectivity index (χ3n) is 2.55. The van der Waals surface area contributed by atoms with E-state index in [0.717, 1.165) is 0 Å². The monoisotopic (exact) mass is 254 g/mol. The number of rotatable bonds is 4. The molecule has 0 aliphatic carbocycles. The van der Waals surface area contributed by atoms with Gasteiger partial charge >= 0.3 is 5.97 Å². The molecule has 96 valence electrons. The van der Waals surface area contributed by atoms with E-state index < -0.39 is 12.4 Å². The van der Waals surface area contributed by atoms with Gasteiger partial charge in [-0.1, -0.05) is 6.07 Å². The zero-order valence-corrected chi connectivity index (χ0v) is 9.74. The van der Waals surface area contributed by atoms with Gasteiger partial charge in [-0.05, 0) is 17.2 Å². The Balaban J connectivity index is 3.35. The van der Waals surface area contributed by atoms with Gasteiger partial charge in [0.1, 0.15) is 0 Å². The molecule has 0 fully saturated rings. The minimum atomic E-state index is -2.79. The first kappa shape index (κ1) is 14.1. The number of alkyl halides is 2. The number of esters is 1. The molecule has 0 saturated carbocycles. The van der Waals surface area contributed by atoms with Crippen molar-refractivity contribution >= 4 is 5.97 Å². The Labute approximate surface area is 103 Å². The van der Waals surface area contributed by atoms with Crippen molar-refractivity contribution in [1.82, 2.24) is 0 Å². The molecule has 0 unspecified atom stereocenters. The topological polar surface area (TPSA) is 76.1 Å². The fourth-order valence-corrected chi connectivity index (χ4v) is 1.69. The van der Waals surface area contributed by atoms with Crippen LogP contribution in [-0.4, -0.2) is 13.1 Å². The highest BCUT2D eigenvalue weighted by Crippen LogP contribution is 2.29. The van der Waals surface area contributed by atoms with Crippen molar-refractivity contribution in [3.8, 4) is 6.07 Å². The van der Waals surface area contributed by atoms with Crippen LogP contribution in [-0.2, 0) is 22.5 Å². The van der Waals surface area contributed by atoms with Crippen molar-refractivity contribution in [3.63, 3.8) is 0 Å². The van der Waals surface area contributed by atoms with Gasteiger partial charge in [-0.2, -0.15) is 5.26 Å². The summed E-state index contributed by atoms with van der Waals surface area (Å²) in [5.41, 5.74) is 5.36. The standard InChI is InChI=1S/C12H12F2N2O2/c1-18-10(17)4-7-2-3-8(5-15)9(6-16)11(7)12(13)14/h2-3,12H,4,6,16H2,1H3. The molecule has 0 heterocycles. The average Bonchev–Trinajstić information content (AvgIpc) is 2.37. The van der Waals surface area contributed by atoms with Gasteiger partial charge in [0.15, 0.2) is 0 Å². The maximum absolute atomic E-state index is 13.0. The second-order valence-corrected chi connectivity index (χ2v) is 3.53. The molecule has 6 heteroatoms. The van der Waals surface area contributed by atoms with Gasteiger partial charge < -0.3 is 10.5 Å². The Morgan fingerprint density at radius 3 is 2.67 bits per heavy atom. The molecule has 0 radical (unpaired) electrons. The molecule has 0 amide bonds. The van der Waals surface area contributed by atoms with Gasteiger partial charge in [0.05, 0.1) is 25.2 Å². The molecule has 0 aromatic heterocycles. The number of nitrogens with two attached hydrogens (primary N) is 1. The van der Waals surface area contributed by atoms with Gasteiger partial charge in [-0.15, -0.1) is 0 Å². The number of methoxy groups -OCH3 is 1. The van der Waals surface area contributed by atoms with Crippen LogP contribution in [0.3, 0.4) is 0 Å². The van der Waals surface area contributed by atoms with Gasteiger partial charge in [0.2, 0.25) is 0 Å². The van der Waals surface area contributed by atoms with Crippen LogP contribution in [0.1, 0.15) is 28.7 Å². The molecule has 0 saturated heterocycles. The number of benzene rings is 1. The Morgan fingerprint density at radius 2 is 2.22 bits per heavy atom. The maximum Gasteiger partial charge on any atom is 0.309 e. The van der Waals surface area contributed by atoms with Crippen molar-refractivity contribution in [1.29, 1.82) is 5.26 Å². The molecule has 0 atom stereocenters. The summed E-state index contributed by atoms with van der Waals surface area (Å²) in [6.07, 6.45) is -3.06. The molecule has 0 aliphatic rings. The number of halogens is 2. The summed E-state index contributed by atoms with van der Waals surface area (Å²) in [5, 5.41) is 8.83. The molecule has 1 aromatic rings. The number of ether oxygens (including phenoxy) is 1. The Hall–Kier alpha value is -2.00. The lowest BCUT2D eigenvalue weighted by Gasteiger charge is -2.14. The van der Waals surface area contributed by atoms with E-state index in [9.17, 15) is 13.6 Å². The van der Waals surface area contributed by atoms with E-state index >= 15 is 0 Å². The first-order chi connectivity index (χ1) is 8.54. The summed E-state index contributed by atoms with van der Waals surface area (Å²) in [4.78, 5) is 11.1. The van der Waals surface area contributed by atoms with E-state index in [1.54, 1.807) is 6.07 Å². The summed E-state index contributed by atoms with van der Waals surface area (Å²) >= 11 is 0. The SMILES string of the molecule is COC(=O)Cc1ccc(C#N)c(CN)c1C(F)F. The average molecular weight is 254 g/mol. The van der Waals surface area contributed by atoms with Gasteiger partial charge in [-0.3, -0.25) is 4.79 Å². The van der Waals surface area contributed by atoms with E-state index in [-0.39, 0.29) is 35.2 Å². The number of carbonyl (C=O) groups excluding carboxylic acids is 1. The maximum atomic E-state index is 13.0. The van der Waals surface area contributed by atoms with Crippen molar-refractivity contribution in [2.75, 3.05) is 7.11 Å². The second kappa shape index (κ2) is 6.07. The Kier molecular flexibility index (Phi) is 4.75. The van der Waals surface area contributed by atoms with Gasteiger partial charge in [0, 0.05) is 12.1 Å². The largest absolute Gasteiger partial charge is 0.469 e. The van der Waals surface area contributed by atoms with Crippen LogP contribution < -0.4 is 5.73 Å². The molecular formula is C12H12F2N2O2. The highest BCUT2D eigenvalue weighted by Gasteiger charge is 2.21. The fourth-order valence-electron chi connectivity index (χ4n) is 1.69. The first-order valence-corrected chi connectivity index (χ1v) is 5.14. The lowest BCUT2D eigenvalue weighted by atomic mass is 9.95. The van der Waals surface area contributed by atoms with Crippen LogP contribution in [0.5, 0.6) is 0 Å². The van der Waals surface area contributed by atoms with Crippen LogP contribution in [0, 0.1) is 11.3 Å². The highest BCUT2D eigenvalue weighted by atomic mass is 19.3. The molecule has 0 bridgehead atoms. The van der Waals surface area contributed by atoms with E-state index in [4.69, 9.17) is 11.0 Å². The molecular weight excluding hydrogens is 242 g/mol. The summed E-state index contributed by atoms with van der Waals surface area (Å²) in [6.45, 7) is -0.183. The molecule has 1 rings (SSSR count). The van der Waals surface area contributed by atoms with E-state index in [1.165, 1.54) is 19.2 Å². The molecule has 0 spiro atoms. The number of nitriles is 1. The number of nitrogens with zero attached hydrogens (tertiary/aromatic N) is 1. The van der Waals surface area contributed by atoms with Crippen molar-refractivity contribution < 1.29 is 18.3 Å². The summed E-state index contributed by atoms with van der Waals surface area (Å²) < 4.78 is 30.5. The van der Waals surface area contributed by atoms with E-state index in [0.29, 0.717) is 0 Å². The zero-order valence-electron chi connectivity index (χ0n) is 9.74. The normalized spacial score (nSPS) is 10.2.